The first kappa shape index (κ1) is 16.0. The fraction of sp³-hybridized carbons (Fsp3) is 0.588. The van der Waals surface area contributed by atoms with Crippen molar-refractivity contribution in [2.75, 3.05) is 6.54 Å². The van der Waals surface area contributed by atoms with Crippen molar-refractivity contribution in [3.63, 3.8) is 0 Å². The molecule has 0 atom stereocenters. The van der Waals surface area contributed by atoms with Gasteiger partial charge in [0.05, 0.1) is 5.56 Å². The van der Waals surface area contributed by atoms with E-state index in [1.165, 1.54) is 0 Å². The number of hydrogen-bond donors (Lipinski definition) is 1. The Hall–Kier alpha value is -1.42. The summed E-state index contributed by atoms with van der Waals surface area (Å²) in [5.74, 6) is -0.574. The normalized spacial score (nSPS) is 22.1. The highest BCUT2D eigenvalue weighted by Gasteiger charge is 2.29. The molecule has 2 N–H and O–H groups in total. The Bertz CT molecular complexity index is 496. The summed E-state index contributed by atoms with van der Waals surface area (Å²) >= 11 is 0. The second-order valence-corrected chi connectivity index (χ2v) is 6.00. The third kappa shape index (κ3) is 3.62. The topological polar surface area (TPSA) is 46.3 Å². The number of amides is 1. The first-order chi connectivity index (χ1) is 10.0. The van der Waals surface area contributed by atoms with E-state index in [9.17, 15) is 9.18 Å². The maximum atomic E-state index is 14.2. The van der Waals surface area contributed by atoms with Crippen LogP contribution in [0.2, 0.25) is 0 Å². The van der Waals surface area contributed by atoms with Crippen molar-refractivity contribution in [2.24, 2.45) is 5.73 Å². The third-order valence-corrected chi connectivity index (χ3v) is 4.33. The van der Waals surface area contributed by atoms with Crippen molar-refractivity contribution in [3.8, 4) is 0 Å². The third-order valence-electron chi connectivity index (χ3n) is 4.33. The molecular weight excluding hydrogens is 267 g/mol. The van der Waals surface area contributed by atoms with Gasteiger partial charge in [-0.05, 0) is 50.7 Å². The van der Waals surface area contributed by atoms with Gasteiger partial charge in [0.25, 0.3) is 5.91 Å². The minimum atomic E-state index is -0.392. The molecule has 1 aliphatic rings. The second kappa shape index (κ2) is 7.03. The zero-order valence-electron chi connectivity index (χ0n) is 12.9. The number of nitrogens with two attached hydrogens (primary N) is 1. The summed E-state index contributed by atoms with van der Waals surface area (Å²) in [5.41, 5.74) is 6.65. The highest BCUT2D eigenvalue weighted by atomic mass is 19.1. The number of halogens is 1. The molecule has 0 unspecified atom stereocenters. The largest absolute Gasteiger partial charge is 0.336 e. The molecule has 3 nitrogen and oxygen atoms in total. The molecule has 0 spiro atoms. The molecule has 0 aromatic heterocycles. The monoisotopic (exact) mass is 292 g/mol. The van der Waals surface area contributed by atoms with Crippen LogP contribution < -0.4 is 5.73 Å². The lowest BCUT2D eigenvalue weighted by Crippen LogP contribution is -2.44. The van der Waals surface area contributed by atoms with Crippen molar-refractivity contribution < 1.29 is 9.18 Å². The zero-order valence-corrected chi connectivity index (χ0v) is 12.9. The van der Waals surface area contributed by atoms with Crippen LogP contribution in [0, 0.1) is 12.7 Å². The molecule has 0 aliphatic heterocycles. The molecule has 0 radical (unpaired) electrons. The van der Waals surface area contributed by atoms with Gasteiger partial charge in [0.1, 0.15) is 5.82 Å². The average molecular weight is 292 g/mol. The van der Waals surface area contributed by atoms with Gasteiger partial charge in [-0.3, -0.25) is 4.79 Å². The van der Waals surface area contributed by atoms with Gasteiger partial charge in [-0.1, -0.05) is 19.1 Å². The molecule has 4 heteroatoms. The highest BCUT2D eigenvalue weighted by Crippen LogP contribution is 2.25. The second-order valence-electron chi connectivity index (χ2n) is 6.00. The van der Waals surface area contributed by atoms with Gasteiger partial charge in [-0.25, -0.2) is 4.39 Å². The van der Waals surface area contributed by atoms with E-state index in [-0.39, 0.29) is 23.6 Å². The summed E-state index contributed by atoms with van der Waals surface area (Å²) in [6.07, 6.45) is 4.59. The van der Waals surface area contributed by atoms with E-state index in [0.717, 1.165) is 32.1 Å². The molecule has 1 fully saturated rings. The molecule has 2 rings (SSSR count). The molecule has 1 aromatic carbocycles. The molecular formula is C17H25FN2O. The molecule has 0 heterocycles. The minimum absolute atomic E-state index is 0.182. The smallest absolute Gasteiger partial charge is 0.257 e. The number of nitrogens with zero attached hydrogens (tertiary/aromatic N) is 1. The number of rotatable bonds is 4. The van der Waals surface area contributed by atoms with Gasteiger partial charge >= 0.3 is 0 Å². The van der Waals surface area contributed by atoms with Crippen molar-refractivity contribution in [3.05, 3.63) is 35.1 Å². The van der Waals surface area contributed by atoms with Crippen molar-refractivity contribution in [1.82, 2.24) is 4.90 Å². The Kier molecular flexibility index (Phi) is 5.34. The van der Waals surface area contributed by atoms with E-state index in [2.05, 4.69) is 0 Å². The number of carbonyl (C=O) groups excluding carboxylic acids is 1. The predicted molar refractivity (Wildman–Crippen MR) is 82.7 cm³/mol. The molecule has 0 bridgehead atoms. The standard InChI is InChI=1S/C17H25FN2O/c1-3-11-20(14-9-7-13(19)8-10-14)17(21)15-6-4-5-12(2)16(15)18/h4-6,13-14H,3,7-11,19H2,1-2H3. The van der Waals surface area contributed by atoms with Gasteiger partial charge < -0.3 is 10.6 Å². The van der Waals surface area contributed by atoms with Gasteiger partial charge in [0, 0.05) is 18.6 Å². The lowest BCUT2D eigenvalue weighted by atomic mass is 9.90. The van der Waals surface area contributed by atoms with Gasteiger partial charge in [0.2, 0.25) is 0 Å². The van der Waals surface area contributed by atoms with Gasteiger partial charge in [-0.15, -0.1) is 0 Å². The lowest BCUT2D eigenvalue weighted by Gasteiger charge is -2.36. The molecule has 0 saturated heterocycles. The van der Waals surface area contributed by atoms with E-state index >= 15 is 0 Å². The quantitative estimate of drug-likeness (QED) is 0.926. The van der Waals surface area contributed by atoms with Crippen molar-refractivity contribution >= 4 is 5.91 Å². The first-order valence-corrected chi connectivity index (χ1v) is 7.86. The van der Waals surface area contributed by atoms with Crippen LogP contribution in [0.3, 0.4) is 0 Å². The van der Waals surface area contributed by atoms with Crippen LogP contribution in [0.1, 0.15) is 54.9 Å². The SMILES string of the molecule is CCCN(C(=O)c1cccc(C)c1F)C1CCC(N)CC1. The van der Waals surface area contributed by atoms with Crippen LogP contribution in [0.25, 0.3) is 0 Å². The number of hydrogen-bond acceptors (Lipinski definition) is 2. The molecule has 1 aromatic rings. The molecule has 116 valence electrons. The van der Waals surface area contributed by atoms with Gasteiger partial charge in [-0.2, -0.15) is 0 Å². The summed E-state index contributed by atoms with van der Waals surface area (Å²) in [5, 5.41) is 0. The fourth-order valence-corrected chi connectivity index (χ4v) is 3.07. The Morgan fingerprint density at radius 3 is 2.62 bits per heavy atom. The summed E-state index contributed by atoms with van der Waals surface area (Å²) in [6, 6.07) is 5.46. The molecule has 21 heavy (non-hydrogen) atoms. The fourth-order valence-electron chi connectivity index (χ4n) is 3.07. The van der Waals surface area contributed by atoms with E-state index in [4.69, 9.17) is 5.73 Å². The number of aryl methyl sites for hydroxylation is 1. The average Bonchev–Trinajstić information content (AvgIpc) is 2.48. The maximum Gasteiger partial charge on any atom is 0.257 e. The van der Waals surface area contributed by atoms with E-state index < -0.39 is 5.82 Å². The predicted octanol–water partition coefficient (Wildman–Crippen LogP) is 3.26. The Balaban J connectivity index is 2.21. The van der Waals surface area contributed by atoms with E-state index in [1.54, 1.807) is 25.1 Å². The summed E-state index contributed by atoms with van der Waals surface area (Å²) < 4.78 is 14.2. The van der Waals surface area contributed by atoms with Crippen LogP contribution in [0.4, 0.5) is 4.39 Å². The lowest BCUT2D eigenvalue weighted by molar-refractivity contribution is 0.0622. The zero-order chi connectivity index (χ0) is 15.4. The Labute approximate surface area is 126 Å². The van der Waals surface area contributed by atoms with Crippen LogP contribution in [-0.2, 0) is 0 Å². The summed E-state index contributed by atoms with van der Waals surface area (Å²) in [6.45, 7) is 4.41. The Morgan fingerprint density at radius 2 is 2.00 bits per heavy atom. The number of carbonyl (C=O) groups is 1. The summed E-state index contributed by atoms with van der Waals surface area (Å²) in [4.78, 5) is 14.6. The van der Waals surface area contributed by atoms with Crippen LogP contribution >= 0.6 is 0 Å². The van der Waals surface area contributed by atoms with Crippen LogP contribution in [0.5, 0.6) is 0 Å². The Morgan fingerprint density at radius 1 is 1.33 bits per heavy atom. The van der Waals surface area contributed by atoms with E-state index in [0.29, 0.717) is 12.1 Å². The van der Waals surface area contributed by atoms with Crippen LogP contribution in [0.15, 0.2) is 18.2 Å². The van der Waals surface area contributed by atoms with Crippen LogP contribution in [-0.4, -0.2) is 29.4 Å². The summed E-state index contributed by atoms with van der Waals surface area (Å²) in [7, 11) is 0. The van der Waals surface area contributed by atoms with E-state index in [1.807, 2.05) is 11.8 Å². The molecule has 1 saturated carbocycles. The molecule has 1 aliphatic carbocycles. The van der Waals surface area contributed by atoms with Crippen molar-refractivity contribution in [1.29, 1.82) is 0 Å². The number of benzene rings is 1. The molecule has 1 amide bonds. The van der Waals surface area contributed by atoms with Crippen molar-refractivity contribution in [2.45, 2.75) is 58.0 Å². The minimum Gasteiger partial charge on any atom is -0.336 e. The highest BCUT2D eigenvalue weighted by molar-refractivity contribution is 5.95. The maximum absolute atomic E-state index is 14.2. The van der Waals surface area contributed by atoms with Gasteiger partial charge in [0.15, 0.2) is 0 Å². The first-order valence-electron chi connectivity index (χ1n) is 7.86.